The van der Waals surface area contributed by atoms with E-state index in [2.05, 4.69) is 87.6 Å². The first-order valence-electron chi connectivity index (χ1n) is 26.7. The third-order valence-corrected chi connectivity index (χ3v) is 11.3. The number of allylic oxidation sites excluding steroid dienone is 14. The van der Waals surface area contributed by atoms with Crippen molar-refractivity contribution in [3.05, 3.63) is 85.1 Å². The van der Waals surface area contributed by atoms with Crippen LogP contribution < -0.4 is 0 Å². The summed E-state index contributed by atoms with van der Waals surface area (Å²) in [6.07, 6.45) is 67.0. The van der Waals surface area contributed by atoms with Crippen LogP contribution >= 0.6 is 0 Å². The second-order valence-corrected chi connectivity index (χ2v) is 17.6. The summed E-state index contributed by atoms with van der Waals surface area (Å²) in [6, 6.07) is 0. The lowest BCUT2D eigenvalue weighted by Gasteiger charge is -2.18. The fourth-order valence-corrected chi connectivity index (χ4v) is 7.28. The molecule has 0 aromatic carbocycles. The Morgan fingerprint density at radius 3 is 0.953 bits per heavy atom. The van der Waals surface area contributed by atoms with Crippen LogP contribution in [-0.4, -0.2) is 37.2 Å². The predicted octanol–water partition coefficient (Wildman–Crippen LogP) is 17.6. The molecule has 0 saturated carbocycles. The van der Waals surface area contributed by atoms with Gasteiger partial charge < -0.3 is 14.2 Å². The average molecular weight is 891 g/mol. The molecule has 6 nitrogen and oxygen atoms in total. The van der Waals surface area contributed by atoms with Crippen LogP contribution in [0.15, 0.2) is 85.1 Å². The standard InChI is InChI=1S/C58H98O6/c1-4-7-10-13-16-19-22-25-27-28-29-31-33-36-39-42-45-48-51-57(60)63-54-55(53-62-56(59)50-47-44-41-38-35-32-24-21-18-15-12-9-6-3)64-58(61)52-49-46-43-40-37-34-30-26-23-20-17-14-11-8-5-2/h8,11,14,17,20,22-23,25-31,55H,4-7,9-10,12-13,15-16,18-19,21,24,32-54H2,1-3H3/b11-8-,17-14-,23-20-,25-22-,28-27-,30-26-,31-29-. The molecular weight excluding hydrogens is 793 g/mol. The lowest BCUT2D eigenvalue weighted by atomic mass is 10.0. The Morgan fingerprint density at radius 1 is 0.328 bits per heavy atom. The van der Waals surface area contributed by atoms with E-state index >= 15 is 0 Å². The van der Waals surface area contributed by atoms with Crippen molar-refractivity contribution in [1.82, 2.24) is 0 Å². The Bertz CT molecular complexity index is 1250. The molecule has 64 heavy (non-hydrogen) atoms. The SMILES string of the molecule is CC\C=C/C=C\C=C/C=C\CCCCCCCC(=O)OC(COC(=O)CCCCCCC\C=C/C=C\C=C/CCCCCCC)COC(=O)CCCCCCCCCCCCCCC. The maximum atomic E-state index is 12.8. The Hall–Kier alpha value is -3.41. The number of hydrogen-bond acceptors (Lipinski definition) is 6. The summed E-state index contributed by atoms with van der Waals surface area (Å²) < 4.78 is 16.8. The number of carbonyl (C=O) groups excluding carboxylic acids is 3. The van der Waals surface area contributed by atoms with Gasteiger partial charge in [0.25, 0.3) is 0 Å². The van der Waals surface area contributed by atoms with Crippen LogP contribution in [0.3, 0.4) is 0 Å². The molecule has 6 heteroatoms. The van der Waals surface area contributed by atoms with Gasteiger partial charge in [0.15, 0.2) is 6.10 Å². The van der Waals surface area contributed by atoms with Crippen LogP contribution in [-0.2, 0) is 28.6 Å². The summed E-state index contributed by atoms with van der Waals surface area (Å²) in [5.74, 6) is -0.934. The Morgan fingerprint density at radius 2 is 0.609 bits per heavy atom. The van der Waals surface area contributed by atoms with Crippen molar-refractivity contribution in [2.24, 2.45) is 0 Å². The normalized spacial score (nSPS) is 12.7. The smallest absolute Gasteiger partial charge is 0.306 e. The molecule has 0 aliphatic carbocycles. The first-order chi connectivity index (χ1) is 31.5. The van der Waals surface area contributed by atoms with Gasteiger partial charge in [-0.05, 0) is 64.2 Å². The molecule has 0 aliphatic heterocycles. The highest BCUT2D eigenvalue weighted by Crippen LogP contribution is 2.15. The number of hydrogen-bond donors (Lipinski definition) is 0. The Labute approximate surface area is 395 Å². The van der Waals surface area contributed by atoms with E-state index in [9.17, 15) is 14.4 Å². The van der Waals surface area contributed by atoms with E-state index in [0.29, 0.717) is 19.3 Å². The van der Waals surface area contributed by atoms with Gasteiger partial charge in [0.05, 0.1) is 0 Å². The fourth-order valence-electron chi connectivity index (χ4n) is 7.28. The van der Waals surface area contributed by atoms with Gasteiger partial charge in [-0.25, -0.2) is 0 Å². The van der Waals surface area contributed by atoms with E-state index in [-0.39, 0.29) is 31.1 Å². The van der Waals surface area contributed by atoms with Gasteiger partial charge in [-0.1, -0.05) is 247 Å². The molecule has 0 N–H and O–H groups in total. The van der Waals surface area contributed by atoms with Crippen LogP contribution in [0.4, 0.5) is 0 Å². The quantitative estimate of drug-likeness (QED) is 0.0262. The van der Waals surface area contributed by atoms with Gasteiger partial charge in [-0.3, -0.25) is 14.4 Å². The first kappa shape index (κ1) is 60.6. The maximum absolute atomic E-state index is 12.8. The monoisotopic (exact) mass is 891 g/mol. The third-order valence-electron chi connectivity index (χ3n) is 11.3. The number of ether oxygens (including phenoxy) is 3. The molecule has 366 valence electrons. The number of rotatable bonds is 47. The highest BCUT2D eigenvalue weighted by atomic mass is 16.6. The third kappa shape index (κ3) is 49.6. The second kappa shape index (κ2) is 52.2. The van der Waals surface area contributed by atoms with Gasteiger partial charge in [-0.2, -0.15) is 0 Å². The molecule has 0 aromatic rings. The van der Waals surface area contributed by atoms with Crippen LogP contribution in [0.2, 0.25) is 0 Å². The van der Waals surface area contributed by atoms with Crippen LogP contribution in [0.1, 0.15) is 245 Å². The minimum Gasteiger partial charge on any atom is -0.462 e. The second-order valence-electron chi connectivity index (χ2n) is 17.6. The van der Waals surface area contributed by atoms with Crippen molar-refractivity contribution < 1.29 is 28.6 Å². The van der Waals surface area contributed by atoms with Crippen molar-refractivity contribution in [2.45, 2.75) is 252 Å². The number of esters is 3. The van der Waals surface area contributed by atoms with E-state index in [1.807, 2.05) is 18.2 Å². The van der Waals surface area contributed by atoms with Crippen molar-refractivity contribution in [3.8, 4) is 0 Å². The van der Waals surface area contributed by atoms with Gasteiger partial charge in [0, 0.05) is 19.3 Å². The van der Waals surface area contributed by atoms with E-state index in [0.717, 1.165) is 109 Å². The molecule has 1 unspecified atom stereocenters. The average Bonchev–Trinajstić information content (AvgIpc) is 3.29. The molecule has 1 atom stereocenters. The van der Waals surface area contributed by atoms with Crippen molar-refractivity contribution in [2.75, 3.05) is 13.2 Å². The molecule has 0 radical (unpaired) electrons. The molecule has 0 fully saturated rings. The van der Waals surface area contributed by atoms with Gasteiger partial charge in [0.2, 0.25) is 0 Å². The lowest BCUT2D eigenvalue weighted by Crippen LogP contribution is -2.30. The summed E-state index contributed by atoms with van der Waals surface area (Å²) >= 11 is 0. The first-order valence-corrected chi connectivity index (χ1v) is 26.7. The minimum absolute atomic E-state index is 0.0919. The summed E-state index contributed by atoms with van der Waals surface area (Å²) in [4.78, 5) is 38.0. The zero-order chi connectivity index (χ0) is 46.5. The highest BCUT2D eigenvalue weighted by molar-refractivity contribution is 5.71. The molecule has 0 rings (SSSR count). The van der Waals surface area contributed by atoms with E-state index in [1.54, 1.807) is 0 Å². The van der Waals surface area contributed by atoms with Gasteiger partial charge >= 0.3 is 17.9 Å². The summed E-state index contributed by atoms with van der Waals surface area (Å²) in [5.41, 5.74) is 0. The lowest BCUT2D eigenvalue weighted by molar-refractivity contribution is -0.167. The fraction of sp³-hybridized carbons (Fsp3) is 0.707. The molecule has 0 amide bonds. The van der Waals surface area contributed by atoms with Gasteiger partial charge in [0.1, 0.15) is 13.2 Å². The molecule has 0 aliphatic rings. The predicted molar refractivity (Wildman–Crippen MR) is 274 cm³/mol. The number of carbonyl (C=O) groups is 3. The van der Waals surface area contributed by atoms with E-state index < -0.39 is 6.10 Å². The minimum atomic E-state index is -0.796. The Kier molecular flexibility index (Phi) is 49.4. The van der Waals surface area contributed by atoms with Crippen molar-refractivity contribution >= 4 is 17.9 Å². The van der Waals surface area contributed by atoms with Gasteiger partial charge in [-0.15, -0.1) is 0 Å². The topological polar surface area (TPSA) is 78.9 Å². The summed E-state index contributed by atoms with van der Waals surface area (Å²) in [5, 5.41) is 0. The highest BCUT2D eigenvalue weighted by Gasteiger charge is 2.19. The molecule has 0 spiro atoms. The zero-order valence-electron chi connectivity index (χ0n) is 41.8. The van der Waals surface area contributed by atoms with Crippen LogP contribution in [0.25, 0.3) is 0 Å². The summed E-state index contributed by atoms with van der Waals surface area (Å²) in [7, 11) is 0. The van der Waals surface area contributed by atoms with Crippen LogP contribution in [0, 0.1) is 0 Å². The maximum Gasteiger partial charge on any atom is 0.306 e. The molecule has 0 saturated heterocycles. The van der Waals surface area contributed by atoms with Crippen molar-refractivity contribution in [1.29, 1.82) is 0 Å². The van der Waals surface area contributed by atoms with E-state index in [4.69, 9.17) is 14.2 Å². The van der Waals surface area contributed by atoms with E-state index in [1.165, 1.54) is 96.3 Å². The molecule has 0 heterocycles. The zero-order valence-corrected chi connectivity index (χ0v) is 41.8. The Balaban J connectivity index is 4.46. The summed E-state index contributed by atoms with van der Waals surface area (Å²) in [6.45, 7) is 6.45. The van der Waals surface area contributed by atoms with Crippen molar-refractivity contribution in [3.63, 3.8) is 0 Å². The number of unbranched alkanes of at least 4 members (excludes halogenated alkanes) is 27. The largest absolute Gasteiger partial charge is 0.462 e. The molecule has 0 bridgehead atoms. The molecular formula is C58H98O6. The van der Waals surface area contributed by atoms with Crippen LogP contribution in [0.5, 0.6) is 0 Å². The molecule has 0 aromatic heterocycles.